The second kappa shape index (κ2) is 7.60. The minimum atomic E-state index is -0.118. The number of carbonyl (C=O) groups excluding carboxylic acids is 1. The molecule has 2 rings (SSSR count). The van der Waals surface area contributed by atoms with Crippen molar-refractivity contribution in [2.75, 3.05) is 13.2 Å². The Morgan fingerprint density at radius 1 is 1.30 bits per heavy atom. The van der Waals surface area contributed by atoms with E-state index >= 15 is 0 Å². The molecule has 0 unspecified atom stereocenters. The van der Waals surface area contributed by atoms with Gasteiger partial charge in [-0.05, 0) is 43.0 Å². The average molecular weight is 272 g/mol. The van der Waals surface area contributed by atoms with Crippen LogP contribution < -0.4 is 5.32 Å². The first-order valence-corrected chi connectivity index (χ1v) is 6.98. The molecule has 106 valence electrons. The number of hydrogen-bond acceptors (Lipinski definition) is 4. The molecule has 2 aromatic rings. The second-order valence-corrected chi connectivity index (χ2v) is 4.64. The largest absolute Gasteiger partial charge is 0.466 e. The molecule has 0 saturated heterocycles. The van der Waals surface area contributed by atoms with E-state index in [0.29, 0.717) is 13.0 Å². The van der Waals surface area contributed by atoms with Crippen LogP contribution in [0.2, 0.25) is 0 Å². The highest BCUT2D eigenvalue weighted by Crippen LogP contribution is 2.14. The summed E-state index contributed by atoms with van der Waals surface area (Å²) in [7, 11) is 0. The first-order valence-electron chi connectivity index (χ1n) is 6.98. The first kappa shape index (κ1) is 14.5. The molecule has 0 spiro atoms. The lowest BCUT2D eigenvalue weighted by atomic mass is 10.1. The van der Waals surface area contributed by atoms with Crippen molar-refractivity contribution >= 4 is 16.7 Å². The Bertz CT molecular complexity index is 569. The Labute approximate surface area is 119 Å². The molecule has 0 aliphatic heterocycles. The molecule has 0 aliphatic rings. The monoisotopic (exact) mass is 272 g/mol. The number of rotatable bonds is 7. The van der Waals surface area contributed by atoms with E-state index in [4.69, 9.17) is 4.74 Å². The van der Waals surface area contributed by atoms with Gasteiger partial charge in [-0.2, -0.15) is 0 Å². The number of esters is 1. The number of fused-ring (bicyclic) bond motifs is 1. The quantitative estimate of drug-likeness (QED) is 0.622. The van der Waals surface area contributed by atoms with Crippen molar-refractivity contribution in [3.8, 4) is 0 Å². The van der Waals surface area contributed by atoms with Gasteiger partial charge in [-0.25, -0.2) is 0 Å². The van der Waals surface area contributed by atoms with Crippen molar-refractivity contribution in [1.29, 1.82) is 0 Å². The maximum absolute atomic E-state index is 11.2. The van der Waals surface area contributed by atoms with E-state index < -0.39 is 0 Å². The first-order chi connectivity index (χ1) is 9.79. The smallest absolute Gasteiger partial charge is 0.305 e. The van der Waals surface area contributed by atoms with Gasteiger partial charge in [0.15, 0.2) is 0 Å². The third-order valence-electron chi connectivity index (χ3n) is 3.07. The van der Waals surface area contributed by atoms with Gasteiger partial charge in [-0.1, -0.05) is 12.1 Å². The Hall–Kier alpha value is -1.94. The van der Waals surface area contributed by atoms with Crippen LogP contribution in [-0.2, 0) is 16.1 Å². The lowest BCUT2D eigenvalue weighted by Gasteiger charge is -2.06. The summed E-state index contributed by atoms with van der Waals surface area (Å²) < 4.78 is 4.88. The summed E-state index contributed by atoms with van der Waals surface area (Å²) >= 11 is 0. The van der Waals surface area contributed by atoms with E-state index in [9.17, 15) is 4.79 Å². The standard InChI is InChI=1S/C16H20N2O2/c1-2-20-16(19)4-3-8-17-11-13-5-6-15-12-18-9-7-14(15)10-13/h5-7,9-10,12,17H,2-4,8,11H2,1H3. The van der Waals surface area contributed by atoms with E-state index in [1.165, 1.54) is 10.9 Å². The van der Waals surface area contributed by atoms with Gasteiger partial charge in [0.2, 0.25) is 0 Å². The number of ether oxygens (including phenoxy) is 1. The summed E-state index contributed by atoms with van der Waals surface area (Å²) in [6.45, 7) is 3.90. The molecule has 0 amide bonds. The zero-order valence-electron chi connectivity index (χ0n) is 11.8. The normalized spacial score (nSPS) is 10.7. The fourth-order valence-electron chi connectivity index (χ4n) is 2.07. The van der Waals surface area contributed by atoms with Gasteiger partial charge in [-0.15, -0.1) is 0 Å². The van der Waals surface area contributed by atoms with Gasteiger partial charge in [-0.3, -0.25) is 9.78 Å². The van der Waals surface area contributed by atoms with Crippen molar-refractivity contribution in [1.82, 2.24) is 10.3 Å². The van der Waals surface area contributed by atoms with Gasteiger partial charge in [0.1, 0.15) is 0 Å². The van der Waals surface area contributed by atoms with Crippen LogP contribution in [0.5, 0.6) is 0 Å². The van der Waals surface area contributed by atoms with Crippen molar-refractivity contribution in [3.05, 3.63) is 42.2 Å². The fraction of sp³-hybridized carbons (Fsp3) is 0.375. The highest BCUT2D eigenvalue weighted by atomic mass is 16.5. The third kappa shape index (κ3) is 4.31. The molecule has 1 heterocycles. The molecule has 0 saturated carbocycles. The molecule has 20 heavy (non-hydrogen) atoms. The van der Waals surface area contributed by atoms with E-state index in [-0.39, 0.29) is 5.97 Å². The Morgan fingerprint density at radius 2 is 2.20 bits per heavy atom. The van der Waals surface area contributed by atoms with Crippen LogP contribution in [0.3, 0.4) is 0 Å². The van der Waals surface area contributed by atoms with Gasteiger partial charge in [0, 0.05) is 30.7 Å². The van der Waals surface area contributed by atoms with E-state index in [0.717, 1.165) is 24.9 Å². The molecule has 0 bridgehead atoms. The van der Waals surface area contributed by atoms with Crippen LogP contribution >= 0.6 is 0 Å². The molecular weight excluding hydrogens is 252 g/mol. The van der Waals surface area contributed by atoms with Crippen LogP contribution in [0.15, 0.2) is 36.7 Å². The Morgan fingerprint density at radius 3 is 3.05 bits per heavy atom. The lowest BCUT2D eigenvalue weighted by molar-refractivity contribution is -0.143. The zero-order valence-corrected chi connectivity index (χ0v) is 11.8. The lowest BCUT2D eigenvalue weighted by Crippen LogP contribution is -2.16. The summed E-state index contributed by atoms with van der Waals surface area (Å²) in [6.07, 6.45) is 4.95. The van der Waals surface area contributed by atoms with Gasteiger partial charge < -0.3 is 10.1 Å². The van der Waals surface area contributed by atoms with Crippen LogP contribution in [-0.4, -0.2) is 24.1 Å². The second-order valence-electron chi connectivity index (χ2n) is 4.64. The SMILES string of the molecule is CCOC(=O)CCCNCc1ccc2cnccc2c1. The summed E-state index contributed by atoms with van der Waals surface area (Å²) in [5.41, 5.74) is 1.24. The number of carbonyl (C=O) groups is 1. The van der Waals surface area contributed by atoms with Crippen LogP contribution in [0.1, 0.15) is 25.3 Å². The minimum Gasteiger partial charge on any atom is -0.466 e. The van der Waals surface area contributed by atoms with Gasteiger partial charge in [0.05, 0.1) is 6.61 Å². The van der Waals surface area contributed by atoms with Crippen molar-refractivity contribution in [2.24, 2.45) is 0 Å². The van der Waals surface area contributed by atoms with E-state index in [1.54, 1.807) is 6.20 Å². The van der Waals surface area contributed by atoms with E-state index in [2.05, 4.69) is 28.5 Å². The van der Waals surface area contributed by atoms with Gasteiger partial charge in [0.25, 0.3) is 0 Å². The molecule has 0 radical (unpaired) electrons. The minimum absolute atomic E-state index is 0.118. The maximum Gasteiger partial charge on any atom is 0.305 e. The molecule has 0 aliphatic carbocycles. The average Bonchev–Trinajstić information content (AvgIpc) is 2.47. The fourth-order valence-corrected chi connectivity index (χ4v) is 2.07. The summed E-state index contributed by atoms with van der Waals surface area (Å²) in [6, 6.07) is 8.36. The molecule has 4 heteroatoms. The molecule has 0 fully saturated rings. The van der Waals surface area contributed by atoms with Crippen molar-refractivity contribution < 1.29 is 9.53 Å². The number of benzene rings is 1. The van der Waals surface area contributed by atoms with E-state index in [1.807, 2.05) is 19.2 Å². The molecule has 1 N–H and O–H groups in total. The summed E-state index contributed by atoms with van der Waals surface area (Å²) in [4.78, 5) is 15.3. The highest BCUT2D eigenvalue weighted by Gasteiger charge is 2.01. The molecule has 1 aromatic heterocycles. The van der Waals surface area contributed by atoms with Crippen LogP contribution in [0.25, 0.3) is 10.8 Å². The number of nitrogens with one attached hydrogen (secondary N) is 1. The van der Waals surface area contributed by atoms with Crippen molar-refractivity contribution in [3.63, 3.8) is 0 Å². The Balaban J connectivity index is 1.74. The number of nitrogens with zero attached hydrogens (tertiary/aromatic N) is 1. The number of pyridine rings is 1. The Kier molecular flexibility index (Phi) is 5.50. The highest BCUT2D eigenvalue weighted by molar-refractivity contribution is 5.81. The third-order valence-corrected chi connectivity index (χ3v) is 3.07. The summed E-state index contributed by atoms with van der Waals surface area (Å²) in [5, 5.41) is 5.69. The van der Waals surface area contributed by atoms with Gasteiger partial charge >= 0.3 is 5.97 Å². The summed E-state index contributed by atoms with van der Waals surface area (Å²) in [5.74, 6) is -0.118. The van der Waals surface area contributed by atoms with Crippen molar-refractivity contribution in [2.45, 2.75) is 26.3 Å². The molecule has 0 atom stereocenters. The predicted octanol–water partition coefficient (Wildman–Crippen LogP) is 2.67. The van der Waals surface area contributed by atoms with Crippen LogP contribution in [0.4, 0.5) is 0 Å². The van der Waals surface area contributed by atoms with Crippen LogP contribution in [0, 0.1) is 0 Å². The number of hydrogen-bond donors (Lipinski definition) is 1. The molecule has 4 nitrogen and oxygen atoms in total. The number of aromatic nitrogens is 1. The predicted molar refractivity (Wildman–Crippen MR) is 79.3 cm³/mol. The zero-order chi connectivity index (χ0) is 14.2. The maximum atomic E-state index is 11.2. The topological polar surface area (TPSA) is 51.2 Å². The molecular formula is C16H20N2O2. The molecule has 1 aromatic carbocycles.